The van der Waals surface area contributed by atoms with Crippen molar-refractivity contribution in [3.63, 3.8) is 0 Å². The van der Waals surface area contributed by atoms with Crippen LogP contribution in [0.3, 0.4) is 0 Å². The van der Waals surface area contributed by atoms with E-state index < -0.39 is 0 Å². The third-order valence-electron chi connectivity index (χ3n) is 5.53. The Bertz CT molecular complexity index is 1130. The van der Waals surface area contributed by atoms with E-state index in [-0.39, 0.29) is 34.0 Å². The molecule has 0 unspecified atom stereocenters. The van der Waals surface area contributed by atoms with Crippen molar-refractivity contribution in [3.05, 3.63) is 86.4 Å². The number of unbranched alkanes of at least 4 members (excludes halogenated alkanes) is 3. The Morgan fingerprint density at radius 2 is 0.767 bits per heavy atom. The van der Waals surface area contributed by atoms with Crippen molar-refractivity contribution in [1.29, 1.82) is 0 Å². The molecule has 0 saturated heterocycles. The van der Waals surface area contributed by atoms with Gasteiger partial charge in [-0.2, -0.15) is 0 Å². The molecule has 6 nitrogen and oxygen atoms in total. The van der Waals surface area contributed by atoms with E-state index in [1.54, 1.807) is 55.0 Å². The van der Waals surface area contributed by atoms with E-state index in [1.165, 1.54) is 18.2 Å². The molecule has 0 aliphatic heterocycles. The van der Waals surface area contributed by atoms with Crippen molar-refractivity contribution >= 4 is 53.4 Å². The molecule has 0 radical (unpaired) electrons. The molecule has 0 atom stereocenters. The van der Waals surface area contributed by atoms with Crippen LogP contribution in [0.15, 0.2) is 69.6 Å². The molecule has 0 heterocycles. The molecule has 10 heteroatoms. The van der Waals surface area contributed by atoms with Gasteiger partial charge in [-0.15, -0.1) is 0 Å². The minimum absolute atomic E-state index is 0. The van der Waals surface area contributed by atoms with Crippen molar-refractivity contribution in [2.75, 3.05) is 19.6 Å². The zero-order valence-corrected chi connectivity index (χ0v) is 28.1. The number of hydrogen-bond acceptors (Lipinski definition) is 6. The van der Waals surface area contributed by atoms with Crippen LogP contribution < -0.4 is 15.3 Å². The minimum atomic E-state index is -0.0327. The van der Waals surface area contributed by atoms with Crippen LogP contribution in [0, 0.1) is 0 Å². The van der Waals surface area contributed by atoms with Crippen LogP contribution in [0.5, 0.6) is 17.2 Å². The number of aliphatic imine (C=N–C) groups is 3. The van der Waals surface area contributed by atoms with Gasteiger partial charge >= 0.3 is 16.8 Å². The van der Waals surface area contributed by atoms with E-state index in [9.17, 15) is 15.3 Å². The van der Waals surface area contributed by atoms with E-state index in [0.717, 1.165) is 58.2 Å². The van der Waals surface area contributed by atoms with E-state index in [1.807, 2.05) is 0 Å². The molecule has 0 saturated carbocycles. The van der Waals surface area contributed by atoms with E-state index in [4.69, 9.17) is 34.8 Å². The fraction of sp³-hybridized carbons (Fsp3) is 0.364. The van der Waals surface area contributed by atoms with Crippen LogP contribution in [0.4, 0.5) is 0 Å². The molecule has 0 bridgehead atoms. The van der Waals surface area contributed by atoms with Crippen molar-refractivity contribution in [2.24, 2.45) is 15.0 Å². The molecule has 0 N–H and O–H groups in total. The van der Waals surface area contributed by atoms with Crippen molar-refractivity contribution < 1.29 is 32.1 Å². The van der Waals surface area contributed by atoms with Gasteiger partial charge in [-0.05, 0) is 72.4 Å². The predicted octanol–water partition coefficient (Wildman–Crippen LogP) is 7.90. The maximum Gasteiger partial charge on any atom is 3.00 e. The van der Waals surface area contributed by atoms with Crippen molar-refractivity contribution in [3.8, 4) is 17.2 Å². The maximum atomic E-state index is 11.3. The molecule has 0 spiro atoms. The first kappa shape index (κ1) is 40.4. The molecule has 3 rings (SSSR count). The van der Waals surface area contributed by atoms with Gasteiger partial charge in [0.25, 0.3) is 0 Å². The summed E-state index contributed by atoms with van der Waals surface area (Å²) in [4.78, 5) is 12.4. The standard InChI is InChI=1S/3C11H14ClNO.Co/c3*1-2-3-6-13-8-9-7-10(12)4-5-11(9)14;/h3*4-5,7-8,14H,2-3,6H2,1H3;/q;;;+3/p-3. The van der Waals surface area contributed by atoms with E-state index in [2.05, 4.69) is 35.7 Å². The molecule has 234 valence electrons. The van der Waals surface area contributed by atoms with Gasteiger partial charge in [-0.25, -0.2) is 0 Å². The zero-order chi connectivity index (χ0) is 31.2. The van der Waals surface area contributed by atoms with Gasteiger partial charge in [-0.3, -0.25) is 15.0 Å². The van der Waals surface area contributed by atoms with Crippen LogP contribution in [0.25, 0.3) is 0 Å². The van der Waals surface area contributed by atoms with Crippen molar-refractivity contribution in [2.45, 2.75) is 59.3 Å². The van der Waals surface area contributed by atoms with Crippen LogP contribution in [-0.2, 0) is 16.8 Å². The summed E-state index contributed by atoms with van der Waals surface area (Å²) >= 11 is 17.3. The van der Waals surface area contributed by atoms with Crippen LogP contribution in [0.2, 0.25) is 15.1 Å². The molecular formula is C33H39Cl3CoN3O3. The zero-order valence-electron chi connectivity index (χ0n) is 24.8. The van der Waals surface area contributed by atoms with Gasteiger partial charge < -0.3 is 15.3 Å². The Kier molecular flexibility index (Phi) is 23.4. The molecule has 0 aromatic heterocycles. The average molecular weight is 691 g/mol. The molecule has 0 fully saturated rings. The number of halogens is 3. The molecule has 3 aromatic carbocycles. The maximum absolute atomic E-state index is 11.3. The number of hydrogen-bond donors (Lipinski definition) is 0. The van der Waals surface area contributed by atoms with Gasteiger partial charge in [0, 0.05) is 53.3 Å². The first-order chi connectivity index (χ1) is 20.2. The Morgan fingerprint density at radius 3 is 1.00 bits per heavy atom. The summed E-state index contributed by atoms with van der Waals surface area (Å²) in [6.07, 6.45) is 11.3. The normalized spacial score (nSPS) is 10.7. The first-order valence-electron chi connectivity index (χ1n) is 14.1. The Labute approximate surface area is 281 Å². The van der Waals surface area contributed by atoms with Crippen LogP contribution in [-0.4, -0.2) is 38.3 Å². The smallest absolute Gasteiger partial charge is 0.872 e. The molecule has 43 heavy (non-hydrogen) atoms. The Hall–Kier alpha value is -2.55. The monoisotopic (exact) mass is 689 g/mol. The van der Waals surface area contributed by atoms with E-state index in [0.29, 0.717) is 31.8 Å². The van der Waals surface area contributed by atoms with Gasteiger partial charge in [0.15, 0.2) is 0 Å². The third-order valence-corrected chi connectivity index (χ3v) is 6.23. The SMILES string of the molecule is CCCCN=Cc1cc(Cl)ccc1[O-].CCCCN=Cc1cc(Cl)ccc1[O-].CCCCN=Cc1cc(Cl)ccc1[O-].[Co+3]. The summed E-state index contributed by atoms with van der Waals surface area (Å²) in [6, 6.07) is 14.1. The third kappa shape index (κ3) is 18.7. The molecule has 3 aromatic rings. The summed E-state index contributed by atoms with van der Waals surface area (Å²) in [5, 5.41) is 35.6. The molecule has 0 amide bonds. The van der Waals surface area contributed by atoms with Crippen LogP contribution in [0.1, 0.15) is 76.0 Å². The number of benzene rings is 3. The summed E-state index contributed by atoms with van der Waals surface area (Å²) in [5.74, 6) is -0.0982. The summed E-state index contributed by atoms with van der Waals surface area (Å²) in [6.45, 7) is 8.61. The van der Waals surface area contributed by atoms with Gasteiger partial charge in [0.1, 0.15) is 0 Å². The number of nitrogens with zero attached hydrogens (tertiary/aromatic N) is 3. The molecule has 0 aliphatic carbocycles. The minimum Gasteiger partial charge on any atom is -0.872 e. The second kappa shape index (κ2) is 24.8. The Balaban J connectivity index is 0.000000608. The van der Waals surface area contributed by atoms with Crippen LogP contribution >= 0.6 is 34.8 Å². The van der Waals surface area contributed by atoms with E-state index >= 15 is 0 Å². The summed E-state index contributed by atoms with van der Waals surface area (Å²) in [7, 11) is 0. The first-order valence-corrected chi connectivity index (χ1v) is 15.2. The topological polar surface area (TPSA) is 106 Å². The van der Waals surface area contributed by atoms with Gasteiger partial charge in [0.05, 0.1) is 0 Å². The molecule has 0 aliphatic rings. The fourth-order valence-corrected chi connectivity index (χ4v) is 3.64. The predicted molar refractivity (Wildman–Crippen MR) is 175 cm³/mol. The van der Waals surface area contributed by atoms with Gasteiger partial charge in [-0.1, -0.05) is 110 Å². The molecular weight excluding hydrogens is 652 g/mol. The largest absolute Gasteiger partial charge is 3.00 e. The second-order valence-electron chi connectivity index (χ2n) is 9.21. The summed E-state index contributed by atoms with van der Waals surface area (Å²) in [5.41, 5.74) is 1.69. The second-order valence-corrected chi connectivity index (χ2v) is 10.5. The van der Waals surface area contributed by atoms with Crippen molar-refractivity contribution in [1.82, 2.24) is 0 Å². The summed E-state index contributed by atoms with van der Waals surface area (Å²) < 4.78 is 0. The Morgan fingerprint density at radius 1 is 0.512 bits per heavy atom. The average Bonchev–Trinajstić information content (AvgIpc) is 2.97. The quantitative estimate of drug-likeness (QED) is 0.143. The van der Waals surface area contributed by atoms with Gasteiger partial charge in [0.2, 0.25) is 0 Å². The number of rotatable bonds is 12. The fourth-order valence-electron chi connectivity index (χ4n) is 3.10.